The van der Waals surface area contributed by atoms with E-state index in [-0.39, 0.29) is 12.3 Å². The van der Waals surface area contributed by atoms with Crippen molar-refractivity contribution < 1.29 is 14.3 Å². The molecule has 2 heterocycles. The topological polar surface area (TPSA) is 48.4 Å². The first kappa shape index (κ1) is 9.15. The Bertz CT molecular complexity index is 306. The summed E-state index contributed by atoms with van der Waals surface area (Å²) in [4.78, 5) is 15.3. The summed E-state index contributed by atoms with van der Waals surface area (Å²) in [5.41, 5.74) is 0.461. The normalized spacial score (nSPS) is 20.7. The van der Waals surface area contributed by atoms with Crippen molar-refractivity contribution in [2.24, 2.45) is 0 Å². The van der Waals surface area contributed by atoms with Gasteiger partial charge in [-0.3, -0.25) is 4.98 Å². The predicted molar refractivity (Wildman–Crippen MR) is 48.6 cm³/mol. The Morgan fingerprint density at radius 3 is 3.21 bits per heavy atom. The van der Waals surface area contributed by atoms with Gasteiger partial charge in [0.2, 0.25) is 6.29 Å². The van der Waals surface area contributed by atoms with Gasteiger partial charge in [0, 0.05) is 18.8 Å². The summed E-state index contributed by atoms with van der Waals surface area (Å²) in [6.07, 6.45) is 4.46. The number of nitrogens with zero attached hydrogens (tertiary/aromatic N) is 1. The highest BCUT2D eigenvalue weighted by molar-refractivity contribution is 5.88. The van der Waals surface area contributed by atoms with Crippen LogP contribution in [-0.4, -0.2) is 23.9 Å². The highest BCUT2D eigenvalue weighted by atomic mass is 16.7. The lowest BCUT2D eigenvalue weighted by Gasteiger charge is -2.10. The number of hydrogen-bond donors (Lipinski definition) is 0. The number of esters is 1. The van der Waals surface area contributed by atoms with Crippen LogP contribution in [0.15, 0.2) is 24.5 Å². The minimum absolute atomic E-state index is 0.370. The van der Waals surface area contributed by atoms with Gasteiger partial charge < -0.3 is 9.47 Å². The summed E-state index contributed by atoms with van der Waals surface area (Å²) in [5, 5.41) is 0. The largest absolute Gasteiger partial charge is 0.432 e. The van der Waals surface area contributed by atoms with Crippen molar-refractivity contribution >= 4 is 5.97 Å². The molecule has 4 heteroatoms. The Balaban J connectivity index is 1.95. The van der Waals surface area contributed by atoms with E-state index in [4.69, 9.17) is 9.47 Å². The van der Waals surface area contributed by atoms with Gasteiger partial charge in [0.1, 0.15) is 0 Å². The average Bonchev–Trinajstić information content (AvgIpc) is 2.72. The molecule has 0 unspecified atom stereocenters. The van der Waals surface area contributed by atoms with E-state index in [0.29, 0.717) is 12.2 Å². The number of hydrogen-bond acceptors (Lipinski definition) is 4. The Morgan fingerprint density at radius 2 is 2.57 bits per heavy atom. The molecule has 74 valence electrons. The molecule has 2 rings (SSSR count). The zero-order valence-electron chi connectivity index (χ0n) is 7.68. The van der Waals surface area contributed by atoms with Gasteiger partial charge in [-0.25, -0.2) is 4.79 Å². The summed E-state index contributed by atoms with van der Waals surface area (Å²) in [7, 11) is 0. The third-order valence-corrected chi connectivity index (χ3v) is 2.02. The molecule has 0 amide bonds. The van der Waals surface area contributed by atoms with Gasteiger partial charge in [-0.15, -0.1) is 0 Å². The number of rotatable bonds is 2. The van der Waals surface area contributed by atoms with E-state index in [0.717, 1.165) is 12.8 Å². The molecular weight excluding hydrogens is 182 g/mol. The highest BCUT2D eigenvalue weighted by Crippen LogP contribution is 2.14. The Morgan fingerprint density at radius 1 is 1.64 bits per heavy atom. The number of ether oxygens (including phenoxy) is 2. The van der Waals surface area contributed by atoms with Crippen molar-refractivity contribution in [3.05, 3.63) is 30.1 Å². The molecule has 0 radical (unpaired) electrons. The molecule has 0 bridgehead atoms. The number of aromatic nitrogens is 1. The van der Waals surface area contributed by atoms with Gasteiger partial charge in [-0.2, -0.15) is 0 Å². The fourth-order valence-electron chi connectivity index (χ4n) is 1.31. The van der Waals surface area contributed by atoms with E-state index in [1.165, 1.54) is 6.20 Å². The second kappa shape index (κ2) is 4.19. The van der Waals surface area contributed by atoms with Gasteiger partial charge >= 0.3 is 5.97 Å². The van der Waals surface area contributed by atoms with E-state index in [1.54, 1.807) is 18.3 Å². The molecule has 1 aliphatic rings. The summed E-state index contributed by atoms with van der Waals surface area (Å²) in [5.74, 6) is -0.370. The Hall–Kier alpha value is -1.42. The van der Waals surface area contributed by atoms with Crippen LogP contribution in [0.2, 0.25) is 0 Å². The quantitative estimate of drug-likeness (QED) is 0.665. The van der Waals surface area contributed by atoms with Crippen LogP contribution < -0.4 is 0 Å². The summed E-state index contributed by atoms with van der Waals surface area (Å²) >= 11 is 0. The van der Waals surface area contributed by atoms with Crippen molar-refractivity contribution in [2.75, 3.05) is 6.61 Å². The second-order valence-corrected chi connectivity index (χ2v) is 3.09. The van der Waals surface area contributed by atoms with Gasteiger partial charge in [0.05, 0.1) is 12.2 Å². The third-order valence-electron chi connectivity index (χ3n) is 2.02. The van der Waals surface area contributed by atoms with E-state index in [9.17, 15) is 4.79 Å². The van der Waals surface area contributed by atoms with Crippen LogP contribution in [-0.2, 0) is 9.47 Å². The zero-order chi connectivity index (χ0) is 9.80. The Labute approximate surface area is 81.9 Å². The molecule has 1 fully saturated rings. The number of pyridine rings is 1. The summed E-state index contributed by atoms with van der Waals surface area (Å²) < 4.78 is 10.3. The van der Waals surface area contributed by atoms with Crippen LogP contribution in [0.3, 0.4) is 0 Å². The molecule has 0 N–H and O–H groups in total. The second-order valence-electron chi connectivity index (χ2n) is 3.09. The molecule has 1 saturated heterocycles. The van der Waals surface area contributed by atoms with E-state index in [2.05, 4.69) is 4.98 Å². The first-order chi connectivity index (χ1) is 6.86. The summed E-state index contributed by atoms with van der Waals surface area (Å²) in [6.45, 7) is 0.672. The maximum absolute atomic E-state index is 11.5. The molecule has 1 aliphatic heterocycles. The third kappa shape index (κ3) is 2.09. The first-order valence-corrected chi connectivity index (χ1v) is 4.59. The molecule has 0 saturated carbocycles. The number of carbonyl (C=O) groups is 1. The average molecular weight is 193 g/mol. The van der Waals surface area contributed by atoms with E-state index in [1.807, 2.05) is 0 Å². The van der Waals surface area contributed by atoms with Gasteiger partial charge in [-0.05, 0) is 18.6 Å². The lowest BCUT2D eigenvalue weighted by molar-refractivity contribution is -0.0776. The van der Waals surface area contributed by atoms with Crippen LogP contribution in [0.25, 0.3) is 0 Å². The van der Waals surface area contributed by atoms with Crippen molar-refractivity contribution in [2.45, 2.75) is 19.1 Å². The molecular formula is C10H11NO3. The lowest BCUT2D eigenvalue weighted by Crippen LogP contribution is -2.16. The molecule has 0 aliphatic carbocycles. The monoisotopic (exact) mass is 193 g/mol. The molecule has 1 atom stereocenters. The van der Waals surface area contributed by atoms with Crippen LogP contribution >= 0.6 is 0 Å². The molecule has 1 aromatic rings. The van der Waals surface area contributed by atoms with Gasteiger partial charge in [0.25, 0.3) is 0 Å². The van der Waals surface area contributed by atoms with Gasteiger partial charge in [0.15, 0.2) is 0 Å². The fraction of sp³-hybridized carbons (Fsp3) is 0.400. The van der Waals surface area contributed by atoms with E-state index < -0.39 is 0 Å². The standard InChI is InChI=1S/C10H11NO3/c12-10(8-3-1-5-11-7-8)14-9-4-2-6-13-9/h1,3,5,7,9H,2,4,6H2/t9-/m1/s1. The number of carbonyl (C=O) groups excluding carboxylic acids is 1. The van der Waals surface area contributed by atoms with Crippen molar-refractivity contribution in [3.63, 3.8) is 0 Å². The van der Waals surface area contributed by atoms with Crippen molar-refractivity contribution in [1.82, 2.24) is 4.98 Å². The predicted octanol–water partition coefficient (Wildman–Crippen LogP) is 1.37. The van der Waals surface area contributed by atoms with Crippen LogP contribution in [0, 0.1) is 0 Å². The molecule has 1 aromatic heterocycles. The van der Waals surface area contributed by atoms with Crippen LogP contribution in [0.5, 0.6) is 0 Å². The highest BCUT2D eigenvalue weighted by Gasteiger charge is 2.20. The molecule has 0 aromatic carbocycles. The van der Waals surface area contributed by atoms with Gasteiger partial charge in [-0.1, -0.05) is 0 Å². The zero-order valence-corrected chi connectivity index (χ0v) is 7.68. The minimum atomic E-state index is -0.372. The summed E-state index contributed by atoms with van der Waals surface area (Å²) in [6, 6.07) is 3.37. The first-order valence-electron chi connectivity index (χ1n) is 4.59. The minimum Gasteiger partial charge on any atom is -0.432 e. The SMILES string of the molecule is O=C(O[C@@H]1CCCO1)c1cccnc1. The maximum atomic E-state index is 11.5. The Kier molecular flexibility index (Phi) is 2.74. The maximum Gasteiger partial charge on any atom is 0.342 e. The smallest absolute Gasteiger partial charge is 0.342 e. The van der Waals surface area contributed by atoms with Crippen LogP contribution in [0.1, 0.15) is 23.2 Å². The van der Waals surface area contributed by atoms with Crippen molar-refractivity contribution in [3.8, 4) is 0 Å². The van der Waals surface area contributed by atoms with E-state index >= 15 is 0 Å². The molecule has 4 nitrogen and oxygen atoms in total. The van der Waals surface area contributed by atoms with Crippen LogP contribution in [0.4, 0.5) is 0 Å². The fourth-order valence-corrected chi connectivity index (χ4v) is 1.31. The molecule has 0 spiro atoms. The lowest BCUT2D eigenvalue weighted by atomic mass is 10.3. The van der Waals surface area contributed by atoms with Crippen molar-refractivity contribution in [1.29, 1.82) is 0 Å². The molecule has 14 heavy (non-hydrogen) atoms.